The molecule has 0 rings (SSSR count). The number of nitrogens with one attached hydrogen (secondary N) is 1. The molecule has 0 aromatic heterocycles. The van der Waals surface area contributed by atoms with Crippen molar-refractivity contribution in [2.24, 2.45) is 11.7 Å². The van der Waals surface area contributed by atoms with E-state index in [4.69, 9.17) is 5.73 Å². The minimum absolute atomic E-state index is 0.0484. The van der Waals surface area contributed by atoms with Gasteiger partial charge in [-0.15, -0.1) is 0 Å². The molecular weight excluding hydrogens is 202 g/mol. The van der Waals surface area contributed by atoms with Gasteiger partial charge in [0.25, 0.3) is 0 Å². The molecule has 1 unspecified atom stereocenters. The van der Waals surface area contributed by atoms with Crippen molar-refractivity contribution in [2.45, 2.75) is 45.7 Å². The Balaban J connectivity index is 4.07. The number of carbonyl (C=O) groups is 1. The number of hydrogen-bond acceptors (Lipinski definition) is 3. The molecule has 0 aliphatic rings. The molecule has 0 spiro atoms. The van der Waals surface area contributed by atoms with Crippen LogP contribution in [0.4, 0.5) is 0 Å². The van der Waals surface area contributed by atoms with Gasteiger partial charge in [0.15, 0.2) is 0 Å². The molecular formula is C12H27N3O. The van der Waals surface area contributed by atoms with E-state index in [0.29, 0.717) is 12.5 Å². The van der Waals surface area contributed by atoms with Crippen LogP contribution in [0.1, 0.15) is 34.1 Å². The average molecular weight is 229 g/mol. The monoisotopic (exact) mass is 229 g/mol. The molecule has 0 aromatic rings. The normalized spacial score (nSPS) is 14.3. The molecule has 1 atom stereocenters. The predicted molar refractivity (Wildman–Crippen MR) is 68.2 cm³/mol. The van der Waals surface area contributed by atoms with Crippen molar-refractivity contribution < 1.29 is 4.79 Å². The van der Waals surface area contributed by atoms with Crippen LogP contribution >= 0.6 is 0 Å². The lowest BCUT2D eigenvalue weighted by atomic mass is 10.0. The molecule has 4 heteroatoms. The van der Waals surface area contributed by atoms with Crippen molar-refractivity contribution in [1.29, 1.82) is 0 Å². The van der Waals surface area contributed by atoms with Crippen LogP contribution in [0.5, 0.6) is 0 Å². The first-order valence-corrected chi connectivity index (χ1v) is 5.87. The molecule has 3 N–H and O–H groups in total. The van der Waals surface area contributed by atoms with Crippen molar-refractivity contribution in [1.82, 2.24) is 10.2 Å². The van der Waals surface area contributed by atoms with Crippen molar-refractivity contribution in [2.75, 3.05) is 20.6 Å². The molecule has 0 radical (unpaired) electrons. The largest absolute Gasteiger partial charge is 0.353 e. The van der Waals surface area contributed by atoms with E-state index in [0.717, 1.165) is 6.42 Å². The van der Waals surface area contributed by atoms with E-state index in [-0.39, 0.29) is 11.4 Å². The van der Waals surface area contributed by atoms with Crippen LogP contribution in [-0.4, -0.2) is 43.0 Å². The first-order valence-electron chi connectivity index (χ1n) is 5.87. The number of nitrogens with two attached hydrogens (primary N) is 1. The van der Waals surface area contributed by atoms with Crippen molar-refractivity contribution in [3.05, 3.63) is 0 Å². The molecule has 0 heterocycles. The standard InChI is InChI=1S/C12H27N3O/c1-9(2)7-10(13)11(16)14-8-12(3,4)15(5)6/h9-10H,7-8,13H2,1-6H3,(H,14,16). The third-order valence-electron chi connectivity index (χ3n) is 2.97. The van der Waals surface area contributed by atoms with Crippen molar-refractivity contribution in [3.63, 3.8) is 0 Å². The Hall–Kier alpha value is -0.610. The zero-order chi connectivity index (χ0) is 12.9. The number of nitrogens with zero attached hydrogens (tertiary/aromatic N) is 1. The quantitative estimate of drug-likeness (QED) is 0.709. The van der Waals surface area contributed by atoms with E-state index < -0.39 is 6.04 Å². The molecule has 0 fully saturated rings. The van der Waals surface area contributed by atoms with Gasteiger partial charge in [0.1, 0.15) is 0 Å². The Morgan fingerprint density at radius 3 is 2.25 bits per heavy atom. The first kappa shape index (κ1) is 15.4. The lowest BCUT2D eigenvalue weighted by Crippen LogP contribution is -2.51. The van der Waals surface area contributed by atoms with Crippen LogP contribution in [0.15, 0.2) is 0 Å². The number of amides is 1. The minimum atomic E-state index is -0.391. The predicted octanol–water partition coefficient (Wildman–Crippen LogP) is 0.816. The lowest BCUT2D eigenvalue weighted by Gasteiger charge is -2.33. The summed E-state index contributed by atoms with van der Waals surface area (Å²) in [6.07, 6.45) is 0.730. The number of likely N-dealkylation sites (N-methyl/N-ethyl adjacent to an activating group) is 1. The molecule has 96 valence electrons. The van der Waals surface area contributed by atoms with Gasteiger partial charge in [-0.25, -0.2) is 0 Å². The second-order valence-corrected chi connectivity index (χ2v) is 5.66. The van der Waals surface area contributed by atoms with Gasteiger partial charge in [-0.05, 0) is 40.3 Å². The molecule has 0 aromatic carbocycles. The van der Waals surface area contributed by atoms with Gasteiger partial charge in [0, 0.05) is 12.1 Å². The van der Waals surface area contributed by atoms with Gasteiger partial charge >= 0.3 is 0 Å². The Bertz CT molecular complexity index is 224. The molecule has 16 heavy (non-hydrogen) atoms. The summed E-state index contributed by atoms with van der Waals surface area (Å²) < 4.78 is 0. The van der Waals surface area contributed by atoms with Gasteiger partial charge in [0.2, 0.25) is 5.91 Å². The molecule has 4 nitrogen and oxygen atoms in total. The van der Waals surface area contributed by atoms with Crippen LogP contribution in [-0.2, 0) is 4.79 Å². The van der Waals surface area contributed by atoms with Crippen molar-refractivity contribution in [3.8, 4) is 0 Å². The maximum atomic E-state index is 11.7. The van der Waals surface area contributed by atoms with E-state index in [1.165, 1.54) is 0 Å². The van der Waals surface area contributed by atoms with Crippen LogP contribution in [0, 0.1) is 5.92 Å². The third kappa shape index (κ3) is 5.47. The average Bonchev–Trinajstić information content (AvgIpc) is 2.12. The summed E-state index contributed by atoms with van der Waals surface area (Å²) >= 11 is 0. The van der Waals surface area contributed by atoms with E-state index in [9.17, 15) is 4.79 Å². The second kappa shape index (κ2) is 6.21. The highest BCUT2D eigenvalue weighted by Gasteiger charge is 2.23. The van der Waals surface area contributed by atoms with Gasteiger partial charge in [-0.3, -0.25) is 4.79 Å². The number of hydrogen-bond donors (Lipinski definition) is 2. The minimum Gasteiger partial charge on any atom is -0.353 e. The third-order valence-corrected chi connectivity index (χ3v) is 2.97. The van der Waals surface area contributed by atoms with E-state index in [2.05, 4.69) is 37.9 Å². The summed E-state index contributed by atoms with van der Waals surface area (Å²) in [4.78, 5) is 13.8. The maximum Gasteiger partial charge on any atom is 0.236 e. The fourth-order valence-electron chi connectivity index (χ4n) is 1.21. The smallest absolute Gasteiger partial charge is 0.236 e. The topological polar surface area (TPSA) is 58.4 Å². The second-order valence-electron chi connectivity index (χ2n) is 5.66. The molecule has 0 bridgehead atoms. The summed E-state index contributed by atoms with van der Waals surface area (Å²) in [5.74, 6) is 0.395. The van der Waals surface area contributed by atoms with Gasteiger partial charge in [-0.1, -0.05) is 13.8 Å². The molecule has 0 saturated carbocycles. The summed E-state index contributed by atoms with van der Waals surface area (Å²) in [7, 11) is 4.00. The SMILES string of the molecule is CC(C)CC(N)C(=O)NCC(C)(C)N(C)C. The fourth-order valence-corrected chi connectivity index (χ4v) is 1.21. The molecule has 1 amide bonds. The molecule has 0 saturated heterocycles. The highest BCUT2D eigenvalue weighted by molar-refractivity contribution is 5.81. The van der Waals surface area contributed by atoms with E-state index >= 15 is 0 Å². The maximum absolute atomic E-state index is 11.7. The zero-order valence-corrected chi connectivity index (χ0v) is 11.5. The highest BCUT2D eigenvalue weighted by atomic mass is 16.2. The van der Waals surface area contributed by atoms with Crippen LogP contribution in [0.25, 0.3) is 0 Å². The van der Waals surface area contributed by atoms with Crippen molar-refractivity contribution >= 4 is 5.91 Å². The van der Waals surface area contributed by atoms with Crippen LogP contribution < -0.4 is 11.1 Å². The Morgan fingerprint density at radius 1 is 1.38 bits per heavy atom. The van der Waals surface area contributed by atoms with Gasteiger partial charge in [0.05, 0.1) is 6.04 Å². The number of carbonyl (C=O) groups excluding carboxylic acids is 1. The Morgan fingerprint density at radius 2 is 1.88 bits per heavy atom. The van der Waals surface area contributed by atoms with E-state index in [1.54, 1.807) is 0 Å². The zero-order valence-electron chi connectivity index (χ0n) is 11.5. The van der Waals surface area contributed by atoms with Gasteiger partial charge in [-0.2, -0.15) is 0 Å². The highest BCUT2D eigenvalue weighted by Crippen LogP contribution is 2.08. The number of rotatable bonds is 6. The van der Waals surface area contributed by atoms with Gasteiger partial charge < -0.3 is 16.0 Å². The van der Waals surface area contributed by atoms with Crippen LogP contribution in [0.2, 0.25) is 0 Å². The molecule has 0 aliphatic heterocycles. The first-order chi connectivity index (χ1) is 7.16. The summed E-state index contributed by atoms with van der Waals surface area (Å²) in [6.45, 7) is 8.92. The summed E-state index contributed by atoms with van der Waals surface area (Å²) in [5.41, 5.74) is 5.75. The summed E-state index contributed by atoms with van der Waals surface area (Å²) in [5, 5.41) is 2.90. The fraction of sp³-hybridized carbons (Fsp3) is 0.917. The Kier molecular flexibility index (Phi) is 5.97. The lowest BCUT2D eigenvalue weighted by molar-refractivity contribution is -0.123. The molecule has 0 aliphatic carbocycles. The Labute approximate surface area is 99.6 Å². The van der Waals surface area contributed by atoms with E-state index in [1.807, 2.05) is 14.1 Å². The summed E-state index contributed by atoms with van der Waals surface area (Å²) in [6, 6.07) is -0.391. The van der Waals surface area contributed by atoms with Crippen LogP contribution in [0.3, 0.4) is 0 Å².